The number of carbonyl (C=O) groups excluding carboxylic acids is 1. The average Bonchev–Trinajstić information content (AvgIpc) is 3.44. The molecule has 1 aliphatic rings. The van der Waals surface area contributed by atoms with Gasteiger partial charge in [0, 0.05) is 19.1 Å². The van der Waals surface area contributed by atoms with E-state index in [0.29, 0.717) is 24.9 Å². The third-order valence-corrected chi connectivity index (χ3v) is 5.31. The minimum absolute atomic E-state index is 0.138. The zero-order valence-corrected chi connectivity index (χ0v) is 16.0. The van der Waals surface area contributed by atoms with Crippen molar-refractivity contribution in [2.24, 2.45) is 0 Å². The van der Waals surface area contributed by atoms with Crippen LogP contribution in [0.5, 0.6) is 5.75 Å². The molecule has 26 heavy (non-hydrogen) atoms. The van der Waals surface area contributed by atoms with Gasteiger partial charge in [-0.05, 0) is 37.5 Å². The highest BCUT2D eigenvalue weighted by Crippen LogP contribution is 2.30. The van der Waals surface area contributed by atoms with Crippen molar-refractivity contribution >= 4 is 17.7 Å². The summed E-state index contributed by atoms with van der Waals surface area (Å²) in [6, 6.07) is 8.25. The first-order chi connectivity index (χ1) is 12.6. The van der Waals surface area contributed by atoms with Gasteiger partial charge < -0.3 is 14.2 Å². The fourth-order valence-electron chi connectivity index (χ4n) is 2.75. The Labute approximate surface area is 158 Å². The molecule has 1 aromatic carbocycles. The van der Waals surface area contributed by atoms with E-state index in [-0.39, 0.29) is 5.91 Å². The number of methoxy groups -OCH3 is 1. The van der Waals surface area contributed by atoms with E-state index in [9.17, 15) is 4.79 Å². The Morgan fingerprint density at radius 2 is 2.12 bits per heavy atom. The SMILES string of the molecule is C=CCn1c(C)nnc1SCC(=O)N(Cc1ccc(OC)cc1)C1CC1. The van der Waals surface area contributed by atoms with Crippen LogP contribution in [-0.2, 0) is 17.9 Å². The summed E-state index contributed by atoms with van der Waals surface area (Å²) in [7, 11) is 1.65. The summed E-state index contributed by atoms with van der Waals surface area (Å²) < 4.78 is 7.16. The van der Waals surface area contributed by atoms with Crippen molar-refractivity contribution in [3.05, 3.63) is 48.3 Å². The van der Waals surface area contributed by atoms with Crippen molar-refractivity contribution < 1.29 is 9.53 Å². The van der Waals surface area contributed by atoms with Gasteiger partial charge in [-0.2, -0.15) is 0 Å². The predicted octanol–water partition coefficient (Wildman–Crippen LogP) is 3.06. The lowest BCUT2D eigenvalue weighted by atomic mass is 10.2. The second kappa shape index (κ2) is 8.40. The van der Waals surface area contributed by atoms with E-state index in [1.165, 1.54) is 11.8 Å². The van der Waals surface area contributed by atoms with Crippen molar-refractivity contribution in [3.63, 3.8) is 0 Å². The van der Waals surface area contributed by atoms with Gasteiger partial charge in [0.1, 0.15) is 11.6 Å². The van der Waals surface area contributed by atoms with Crippen molar-refractivity contribution in [3.8, 4) is 5.75 Å². The molecule has 6 nitrogen and oxygen atoms in total. The summed E-state index contributed by atoms with van der Waals surface area (Å²) >= 11 is 1.44. The number of hydrogen-bond acceptors (Lipinski definition) is 5. The summed E-state index contributed by atoms with van der Waals surface area (Å²) in [5, 5.41) is 9.03. The average molecular weight is 372 g/mol. The molecule has 0 radical (unpaired) electrons. The summed E-state index contributed by atoms with van der Waals surface area (Å²) in [4.78, 5) is 14.8. The maximum absolute atomic E-state index is 12.8. The lowest BCUT2D eigenvalue weighted by Gasteiger charge is -2.22. The molecule has 0 unspecified atom stereocenters. The van der Waals surface area contributed by atoms with Crippen LogP contribution in [0, 0.1) is 6.92 Å². The van der Waals surface area contributed by atoms with E-state index < -0.39 is 0 Å². The summed E-state index contributed by atoms with van der Waals surface area (Å²) in [6.07, 6.45) is 3.97. The Kier molecular flexibility index (Phi) is 5.98. The van der Waals surface area contributed by atoms with Crippen LogP contribution in [0.3, 0.4) is 0 Å². The fourth-order valence-corrected chi connectivity index (χ4v) is 3.63. The van der Waals surface area contributed by atoms with Crippen molar-refractivity contribution in [1.82, 2.24) is 19.7 Å². The van der Waals surface area contributed by atoms with E-state index in [2.05, 4.69) is 16.8 Å². The molecule has 0 bridgehead atoms. The van der Waals surface area contributed by atoms with Crippen LogP contribution in [0.15, 0.2) is 42.1 Å². The van der Waals surface area contributed by atoms with Crippen LogP contribution in [0.4, 0.5) is 0 Å². The van der Waals surface area contributed by atoms with Crippen molar-refractivity contribution in [1.29, 1.82) is 0 Å². The molecule has 138 valence electrons. The molecule has 2 aromatic rings. The molecule has 1 aromatic heterocycles. The minimum Gasteiger partial charge on any atom is -0.497 e. The van der Waals surface area contributed by atoms with Crippen LogP contribution in [-0.4, -0.2) is 44.5 Å². The number of rotatable bonds is 9. The number of thioether (sulfide) groups is 1. The Hall–Kier alpha value is -2.28. The molecular formula is C19H24N4O2S. The zero-order chi connectivity index (χ0) is 18.5. The first-order valence-electron chi connectivity index (χ1n) is 8.68. The van der Waals surface area contributed by atoms with Gasteiger partial charge in [0.15, 0.2) is 5.16 Å². The Morgan fingerprint density at radius 3 is 2.73 bits per heavy atom. The van der Waals surface area contributed by atoms with E-state index in [1.807, 2.05) is 46.7 Å². The van der Waals surface area contributed by atoms with Crippen LogP contribution in [0.2, 0.25) is 0 Å². The highest BCUT2D eigenvalue weighted by atomic mass is 32.2. The van der Waals surface area contributed by atoms with E-state index in [1.54, 1.807) is 7.11 Å². The molecule has 1 saturated carbocycles. The van der Waals surface area contributed by atoms with E-state index in [4.69, 9.17) is 4.74 Å². The van der Waals surface area contributed by atoms with E-state index >= 15 is 0 Å². The maximum atomic E-state index is 12.8. The normalized spacial score (nSPS) is 13.5. The molecule has 0 N–H and O–H groups in total. The topological polar surface area (TPSA) is 60.2 Å². The lowest BCUT2D eigenvalue weighted by Crippen LogP contribution is -2.34. The van der Waals surface area contributed by atoms with Crippen LogP contribution in [0.25, 0.3) is 0 Å². The fraction of sp³-hybridized carbons (Fsp3) is 0.421. The highest BCUT2D eigenvalue weighted by Gasteiger charge is 2.32. The highest BCUT2D eigenvalue weighted by molar-refractivity contribution is 7.99. The van der Waals surface area contributed by atoms with Crippen LogP contribution < -0.4 is 4.74 Å². The van der Waals surface area contributed by atoms with Gasteiger partial charge in [0.25, 0.3) is 0 Å². The summed E-state index contributed by atoms with van der Waals surface area (Å²) in [5.74, 6) is 2.16. The summed E-state index contributed by atoms with van der Waals surface area (Å²) in [5.41, 5.74) is 1.11. The Bertz CT molecular complexity index is 768. The van der Waals surface area contributed by atoms with E-state index in [0.717, 1.165) is 35.1 Å². The third-order valence-electron chi connectivity index (χ3n) is 4.36. The standard InChI is InChI=1S/C19H24N4O2S/c1-4-11-22-14(2)20-21-19(22)26-13-18(24)23(16-7-8-16)12-15-5-9-17(25-3)10-6-15/h4-6,9-10,16H,1,7-8,11-13H2,2-3H3. The van der Waals surface area contributed by atoms with Gasteiger partial charge in [-0.1, -0.05) is 30.0 Å². The molecule has 0 saturated heterocycles. The van der Waals surface area contributed by atoms with Gasteiger partial charge in [0.05, 0.1) is 12.9 Å². The van der Waals surface area contributed by atoms with Gasteiger partial charge in [-0.3, -0.25) is 4.79 Å². The molecule has 7 heteroatoms. The number of benzene rings is 1. The molecule has 0 atom stereocenters. The second-order valence-electron chi connectivity index (χ2n) is 6.32. The summed E-state index contributed by atoms with van der Waals surface area (Å²) in [6.45, 7) is 6.95. The van der Waals surface area contributed by atoms with Crippen molar-refractivity contribution in [2.45, 2.75) is 44.1 Å². The molecule has 1 fully saturated rings. The zero-order valence-electron chi connectivity index (χ0n) is 15.2. The molecule has 1 aliphatic carbocycles. The molecule has 0 spiro atoms. The first-order valence-corrected chi connectivity index (χ1v) is 9.67. The number of aromatic nitrogens is 3. The molecule has 1 heterocycles. The molecule has 1 amide bonds. The molecular weight excluding hydrogens is 348 g/mol. The van der Waals surface area contributed by atoms with Gasteiger partial charge in [-0.15, -0.1) is 16.8 Å². The Balaban J connectivity index is 1.63. The van der Waals surface area contributed by atoms with Crippen LogP contribution in [0.1, 0.15) is 24.2 Å². The number of nitrogens with zero attached hydrogens (tertiary/aromatic N) is 4. The Morgan fingerprint density at radius 1 is 1.38 bits per heavy atom. The smallest absolute Gasteiger partial charge is 0.233 e. The quantitative estimate of drug-likeness (QED) is 0.500. The minimum atomic E-state index is 0.138. The molecule has 3 rings (SSSR count). The number of ether oxygens (including phenoxy) is 1. The van der Waals surface area contributed by atoms with Crippen molar-refractivity contribution in [2.75, 3.05) is 12.9 Å². The largest absolute Gasteiger partial charge is 0.497 e. The third kappa shape index (κ3) is 4.46. The van der Waals surface area contributed by atoms with Crippen LogP contribution >= 0.6 is 11.8 Å². The van der Waals surface area contributed by atoms with Gasteiger partial charge >= 0.3 is 0 Å². The van der Waals surface area contributed by atoms with Gasteiger partial charge in [-0.25, -0.2) is 0 Å². The lowest BCUT2D eigenvalue weighted by molar-refractivity contribution is -0.129. The maximum Gasteiger partial charge on any atom is 0.233 e. The number of allylic oxidation sites excluding steroid dienone is 1. The first kappa shape index (κ1) is 18.5. The number of aryl methyl sites for hydroxylation is 1. The predicted molar refractivity (Wildman–Crippen MR) is 102 cm³/mol. The monoisotopic (exact) mass is 372 g/mol. The number of hydrogen-bond donors (Lipinski definition) is 0. The molecule has 0 aliphatic heterocycles. The number of carbonyl (C=O) groups is 1. The second-order valence-corrected chi connectivity index (χ2v) is 7.26. The van der Waals surface area contributed by atoms with Gasteiger partial charge in [0.2, 0.25) is 5.91 Å². The number of amides is 1.